The molecule has 0 saturated carbocycles. The number of aromatic nitrogens is 4. The number of hydrogen-bond donors (Lipinski definition) is 0. The van der Waals surface area contributed by atoms with Gasteiger partial charge in [0.15, 0.2) is 0 Å². The normalized spacial score (nSPS) is 10.7. The first-order valence-electron chi connectivity index (χ1n) is 6.55. The number of aryl methyl sites for hydroxylation is 1. The van der Waals surface area contributed by atoms with E-state index < -0.39 is 0 Å². The van der Waals surface area contributed by atoms with Crippen molar-refractivity contribution in [3.63, 3.8) is 0 Å². The van der Waals surface area contributed by atoms with Crippen LogP contribution in [0.3, 0.4) is 0 Å². The molecule has 0 N–H and O–H groups in total. The van der Waals surface area contributed by atoms with Crippen molar-refractivity contribution in [2.45, 2.75) is 16.7 Å². The van der Waals surface area contributed by atoms with E-state index in [-0.39, 0.29) is 11.8 Å². The molecule has 112 valence electrons. The fourth-order valence-corrected chi connectivity index (χ4v) is 2.75. The van der Waals surface area contributed by atoms with Crippen molar-refractivity contribution in [3.05, 3.63) is 54.2 Å². The molecule has 22 heavy (non-hydrogen) atoms. The zero-order valence-electron chi connectivity index (χ0n) is 12.0. The Bertz CT molecular complexity index is 774. The van der Waals surface area contributed by atoms with Crippen LogP contribution in [0.4, 0.5) is 4.39 Å². The molecule has 0 aliphatic rings. The number of ether oxygens (including phenoxy) is 1. The van der Waals surface area contributed by atoms with Crippen LogP contribution in [0.15, 0.2) is 52.5 Å². The van der Waals surface area contributed by atoms with Crippen LogP contribution < -0.4 is 4.74 Å². The molecule has 0 radical (unpaired) electrons. The van der Waals surface area contributed by atoms with E-state index in [2.05, 4.69) is 15.1 Å². The minimum absolute atomic E-state index is 0.238. The molecular weight excluding hydrogens is 303 g/mol. The molecule has 3 aromatic rings. The Morgan fingerprint density at radius 3 is 2.50 bits per heavy atom. The summed E-state index contributed by atoms with van der Waals surface area (Å²) in [4.78, 5) is 9.81. The van der Waals surface area contributed by atoms with E-state index >= 15 is 0 Å². The van der Waals surface area contributed by atoms with E-state index in [1.165, 1.54) is 23.9 Å². The summed E-state index contributed by atoms with van der Waals surface area (Å²) < 4.78 is 20.4. The van der Waals surface area contributed by atoms with Crippen LogP contribution in [-0.4, -0.2) is 19.7 Å². The third-order valence-electron chi connectivity index (χ3n) is 3.01. The molecule has 0 bridgehead atoms. The SMILES string of the molecule is Cc1c(Sc2ccc(F)cc2)c(Oc2ncccn2)nn1C. The standard InChI is InChI=1S/C15H13FN4OS/c1-10-13(22-12-6-4-11(16)5-7-12)14(19-20(10)2)21-15-17-8-3-9-18-15/h3-9H,1-2H3. The lowest BCUT2D eigenvalue weighted by Crippen LogP contribution is -1.94. The summed E-state index contributed by atoms with van der Waals surface area (Å²) in [6.07, 6.45) is 3.20. The topological polar surface area (TPSA) is 52.8 Å². The van der Waals surface area contributed by atoms with Crippen LogP contribution in [0.25, 0.3) is 0 Å². The molecule has 0 spiro atoms. The van der Waals surface area contributed by atoms with Crippen LogP contribution in [0.1, 0.15) is 5.69 Å². The molecule has 0 aliphatic carbocycles. The molecule has 0 saturated heterocycles. The third-order valence-corrected chi connectivity index (χ3v) is 4.19. The molecule has 2 aromatic heterocycles. The molecule has 0 aliphatic heterocycles. The first-order chi connectivity index (χ1) is 10.6. The Kier molecular flexibility index (Phi) is 4.06. The average molecular weight is 316 g/mol. The lowest BCUT2D eigenvalue weighted by Gasteiger charge is -2.04. The minimum Gasteiger partial charge on any atom is -0.402 e. The quantitative estimate of drug-likeness (QED) is 0.736. The van der Waals surface area contributed by atoms with Gasteiger partial charge < -0.3 is 4.74 Å². The monoisotopic (exact) mass is 316 g/mol. The smallest absolute Gasteiger partial charge is 0.323 e. The molecule has 2 heterocycles. The van der Waals surface area contributed by atoms with Gasteiger partial charge >= 0.3 is 6.01 Å². The van der Waals surface area contributed by atoms with Gasteiger partial charge in [-0.15, -0.1) is 5.10 Å². The molecule has 0 amide bonds. The van der Waals surface area contributed by atoms with Crippen molar-refractivity contribution in [1.29, 1.82) is 0 Å². The summed E-state index contributed by atoms with van der Waals surface area (Å²) in [5.74, 6) is 0.168. The van der Waals surface area contributed by atoms with Gasteiger partial charge in [-0.1, -0.05) is 11.8 Å². The average Bonchev–Trinajstić information content (AvgIpc) is 2.78. The number of nitrogens with zero attached hydrogens (tertiary/aromatic N) is 4. The van der Waals surface area contributed by atoms with Crippen LogP contribution in [-0.2, 0) is 7.05 Å². The van der Waals surface area contributed by atoms with Crippen LogP contribution >= 0.6 is 11.8 Å². The van der Waals surface area contributed by atoms with E-state index in [1.807, 2.05) is 14.0 Å². The molecule has 1 aromatic carbocycles. The highest BCUT2D eigenvalue weighted by Gasteiger charge is 2.17. The van der Waals surface area contributed by atoms with E-state index in [1.54, 1.807) is 35.3 Å². The van der Waals surface area contributed by atoms with Gasteiger partial charge in [-0.2, -0.15) is 0 Å². The van der Waals surface area contributed by atoms with E-state index in [4.69, 9.17) is 4.74 Å². The summed E-state index contributed by atoms with van der Waals surface area (Å²) in [7, 11) is 1.84. The Balaban J connectivity index is 1.91. The molecule has 0 atom stereocenters. The Morgan fingerprint density at radius 2 is 1.82 bits per heavy atom. The highest BCUT2D eigenvalue weighted by molar-refractivity contribution is 7.99. The van der Waals surface area contributed by atoms with E-state index in [0.29, 0.717) is 5.88 Å². The lowest BCUT2D eigenvalue weighted by molar-refractivity contribution is 0.410. The van der Waals surface area contributed by atoms with Gasteiger partial charge in [0.1, 0.15) is 5.82 Å². The Labute approximate surface area is 131 Å². The van der Waals surface area contributed by atoms with Crippen molar-refractivity contribution < 1.29 is 9.13 Å². The predicted molar refractivity (Wildman–Crippen MR) is 80.6 cm³/mol. The zero-order valence-corrected chi connectivity index (χ0v) is 12.8. The summed E-state index contributed by atoms with van der Waals surface area (Å²) >= 11 is 1.46. The number of benzene rings is 1. The van der Waals surface area contributed by atoms with Gasteiger partial charge in [-0.05, 0) is 37.3 Å². The summed E-state index contributed by atoms with van der Waals surface area (Å²) in [5.41, 5.74) is 0.945. The van der Waals surface area contributed by atoms with Gasteiger partial charge in [-0.3, -0.25) is 4.68 Å². The Hall–Kier alpha value is -2.41. The maximum atomic E-state index is 13.0. The second-order valence-electron chi connectivity index (χ2n) is 4.53. The highest BCUT2D eigenvalue weighted by atomic mass is 32.2. The molecule has 0 unspecified atom stereocenters. The van der Waals surface area contributed by atoms with E-state index in [9.17, 15) is 4.39 Å². The van der Waals surface area contributed by atoms with Crippen LogP contribution in [0, 0.1) is 12.7 Å². The first kappa shape index (κ1) is 14.5. The maximum Gasteiger partial charge on any atom is 0.323 e. The summed E-state index contributed by atoms with van der Waals surface area (Å²) in [6, 6.07) is 8.24. The fourth-order valence-electron chi connectivity index (χ4n) is 1.79. The van der Waals surface area contributed by atoms with Gasteiger partial charge in [0.25, 0.3) is 5.88 Å². The Morgan fingerprint density at radius 1 is 1.14 bits per heavy atom. The number of rotatable bonds is 4. The van der Waals surface area contributed by atoms with Gasteiger partial charge in [-0.25, -0.2) is 14.4 Å². The second kappa shape index (κ2) is 6.15. The van der Waals surface area contributed by atoms with Crippen molar-refractivity contribution in [3.8, 4) is 11.9 Å². The predicted octanol–water partition coefficient (Wildman–Crippen LogP) is 3.60. The van der Waals surface area contributed by atoms with Crippen molar-refractivity contribution >= 4 is 11.8 Å². The number of hydrogen-bond acceptors (Lipinski definition) is 5. The first-order valence-corrected chi connectivity index (χ1v) is 7.37. The van der Waals surface area contributed by atoms with Gasteiger partial charge in [0, 0.05) is 24.3 Å². The van der Waals surface area contributed by atoms with Gasteiger partial charge in [0.2, 0.25) is 0 Å². The molecule has 0 fully saturated rings. The van der Waals surface area contributed by atoms with E-state index in [0.717, 1.165) is 15.5 Å². The van der Waals surface area contributed by atoms with Crippen molar-refractivity contribution in [2.24, 2.45) is 7.05 Å². The number of halogens is 1. The van der Waals surface area contributed by atoms with Gasteiger partial charge in [0.05, 0.1) is 10.6 Å². The zero-order chi connectivity index (χ0) is 15.5. The maximum absolute atomic E-state index is 13.0. The van der Waals surface area contributed by atoms with Crippen LogP contribution in [0.2, 0.25) is 0 Å². The molecule has 7 heteroatoms. The molecule has 3 rings (SSSR count). The fraction of sp³-hybridized carbons (Fsp3) is 0.133. The van der Waals surface area contributed by atoms with Crippen molar-refractivity contribution in [1.82, 2.24) is 19.7 Å². The van der Waals surface area contributed by atoms with Crippen LogP contribution in [0.5, 0.6) is 11.9 Å². The largest absolute Gasteiger partial charge is 0.402 e. The summed E-state index contributed by atoms with van der Waals surface area (Å²) in [5, 5.41) is 4.34. The second-order valence-corrected chi connectivity index (χ2v) is 5.62. The van der Waals surface area contributed by atoms with Crippen molar-refractivity contribution in [2.75, 3.05) is 0 Å². The molecular formula is C15H13FN4OS. The third kappa shape index (κ3) is 3.09. The summed E-state index contributed by atoms with van der Waals surface area (Å²) in [6.45, 7) is 1.94. The molecule has 5 nitrogen and oxygen atoms in total. The highest BCUT2D eigenvalue weighted by Crippen LogP contribution is 2.38. The minimum atomic E-state index is -0.263. The lowest BCUT2D eigenvalue weighted by atomic mass is 10.4.